The first kappa shape index (κ1) is 19.5. The fourth-order valence-corrected chi connectivity index (χ4v) is 5.17. The number of aromatic nitrogens is 5. The molecule has 0 spiro atoms. The van der Waals surface area contributed by atoms with Gasteiger partial charge in [0.05, 0.1) is 23.2 Å². The lowest BCUT2D eigenvalue weighted by molar-refractivity contribution is 0.0953. The van der Waals surface area contributed by atoms with Crippen LogP contribution in [-0.2, 0) is 17.0 Å². The summed E-state index contributed by atoms with van der Waals surface area (Å²) in [6, 6.07) is 9.51. The lowest BCUT2D eigenvalue weighted by Gasteiger charge is -2.14. The molecule has 7 nitrogen and oxygen atoms in total. The highest BCUT2D eigenvalue weighted by Gasteiger charge is 2.22. The van der Waals surface area contributed by atoms with E-state index in [4.69, 9.17) is 4.74 Å². The molecule has 0 unspecified atom stereocenters. The van der Waals surface area contributed by atoms with Crippen molar-refractivity contribution in [2.75, 3.05) is 6.61 Å². The molecule has 30 heavy (non-hydrogen) atoms. The van der Waals surface area contributed by atoms with Crippen LogP contribution in [0.4, 0.5) is 0 Å². The summed E-state index contributed by atoms with van der Waals surface area (Å²) in [4.78, 5) is 18.2. The number of fused-ring (bicyclic) bond motifs is 1. The summed E-state index contributed by atoms with van der Waals surface area (Å²) in [6.45, 7) is 3.51. The van der Waals surface area contributed by atoms with Gasteiger partial charge < -0.3 is 4.74 Å². The van der Waals surface area contributed by atoms with Crippen molar-refractivity contribution in [2.24, 2.45) is 0 Å². The lowest BCUT2D eigenvalue weighted by atomic mass is 10.2. The molecule has 0 amide bonds. The third kappa shape index (κ3) is 3.92. The number of hydrogen-bond acceptors (Lipinski definition) is 7. The molecule has 0 saturated carbocycles. The van der Waals surface area contributed by atoms with E-state index in [1.54, 1.807) is 33.6 Å². The molecule has 0 aliphatic carbocycles. The molecule has 0 bridgehead atoms. The SMILES string of the molecule is Cc1ccc2nc(CSc3nnc(-c4cccs4)n3C[C@H]3CCCO3)cc(=O)n2c1. The highest BCUT2D eigenvalue weighted by molar-refractivity contribution is 7.98. The van der Waals surface area contributed by atoms with Crippen molar-refractivity contribution in [3.63, 3.8) is 0 Å². The van der Waals surface area contributed by atoms with E-state index in [9.17, 15) is 4.79 Å². The Labute approximate surface area is 181 Å². The van der Waals surface area contributed by atoms with E-state index < -0.39 is 0 Å². The second-order valence-electron chi connectivity index (χ2n) is 7.34. The predicted molar refractivity (Wildman–Crippen MR) is 118 cm³/mol. The van der Waals surface area contributed by atoms with Crippen molar-refractivity contribution >= 4 is 28.7 Å². The monoisotopic (exact) mass is 439 g/mol. The molecule has 1 aliphatic rings. The first-order chi connectivity index (χ1) is 14.7. The topological polar surface area (TPSA) is 74.3 Å². The third-order valence-corrected chi connectivity index (χ3v) is 6.94. The van der Waals surface area contributed by atoms with Crippen LogP contribution in [0, 0.1) is 6.92 Å². The molecule has 1 fully saturated rings. The number of ether oxygens (including phenoxy) is 1. The van der Waals surface area contributed by atoms with E-state index in [2.05, 4.69) is 25.8 Å². The van der Waals surface area contributed by atoms with Crippen molar-refractivity contribution < 1.29 is 4.74 Å². The quantitative estimate of drug-likeness (QED) is 0.426. The van der Waals surface area contributed by atoms with Crippen molar-refractivity contribution in [2.45, 2.75) is 43.3 Å². The number of rotatable bonds is 6. The van der Waals surface area contributed by atoms with E-state index in [-0.39, 0.29) is 11.7 Å². The maximum atomic E-state index is 12.5. The minimum absolute atomic E-state index is 0.0700. The molecular weight excluding hydrogens is 418 g/mol. The van der Waals surface area contributed by atoms with Gasteiger partial charge in [0.25, 0.3) is 5.56 Å². The number of aryl methyl sites for hydroxylation is 1. The summed E-state index contributed by atoms with van der Waals surface area (Å²) in [5.74, 6) is 1.42. The number of nitrogens with zero attached hydrogens (tertiary/aromatic N) is 5. The first-order valence-corrected chi connectivity index (χ1v) is 11.7. The highest BCUT2D eigenvalue weighted by Crippen LogP contribution is 2.30. The fourth-order valence-electron chi connectivity index (χ4n) is 3.61. The molecule has 154 valence electrons. The Balaban J connectivity index is 1.42. The van der Waals surface area contributed by atoms with Gasteiger partial charge in [-0.15, -0.1) is 21.5 Å². The smallest absolute Gasteiger partial charge is 0.258 e. The number of pyridine rings is 1. The number of hydrogen-bond donors (Lipinski definition) is 0. The molecule has 5 heterocycles. The Hall–Kier alpha value is -2.49. The molecule has 5 rings (SSSR count). The van der Waals surface area contributed by atoms with Gasteiger partial charge in [-0.2, -0.15) is 0 Å². The summed E-state index contributed by atoms with van der Waals surface area (Å²) in [6.07, 6.45) is 4.14. The normalized spacial score (nSPS) is 16.5. The zero-order valence-corrected chi connectivity index (χ0v) is 18.2. The van der Waals surface area contributed by atoms with Crippen molar-refractivity contribution in [3.05, 3.63) is 63.5 Å². The Morgan fingerprint density at radius 1 is 1.30 bits per heavy atom. The molecule has 1 atom stereocenters. The number of thioether (sulfide) groups is 1. The maximum Gasteiger partial charge on any atom is 0.258 e. The fraction of sp³-hybridized carbons (Fsp3) is 0.333. The average molecular weight is 440 g/mol. The van der Waals surface area contributed by atoms with Crippen LogP contribution < -0.4 is 5.56 Å². The summed E-state index contributed by atoms with van der Waals surface area (Å²) >= 11 is 3.20. The van der Waals surface area contributed by atoms with Gasteiger partial charge in [-0.25, -0.2) is 4.98 Å². The standard InChI is InChI=1S/C21H21N5O2S2/c1-14-6-7-18-22-15(10-19(27)25(18)11-14)13-30-21-24-23-20(17-5-3-9-29-17)26(21)12-16-4-2-8-28-16/h3,5-7,9-11,16H,2,4,8,12-13H2,1H3/t16-/m1/s1. The molecule has 1 aliphatic heterocycles. The Morgan fingerprint density at radius 2 is 2.23 bits per heavy atom. The van der Waals surface area contributed by atoms with E-state index in [1.165, 1.54) is 0 Å². The van der Waals surface area contributed by atoms with Gasteiger partial charge >= 0.3 is 0 Å². The summed E-state index contributed by atoms with van der Waals surface area (Å²) in [7, 11) is 0. The zero-order valence-electron chi connectivity index (χ0n) is 16.5. The second kappa shape index (κ2) is 8.33. The molecule has 9 heteroatoms. The van der Waals surface area contributed by atoms with E-state index in [0.29, 0.717) is 11.4 Å². The van der Waals surface area contributed by atoms with Crippen LogP contribution in [0.25, 0.3) is 16.3 Å². The number of thiophene rings is 1. The van der Waals surface area contributed by atoms with Crippen molar-refractivity contribution in [1.29, 1.82) is 0 Å². The van der Waals surface area contributed by atoms with E-state index in [1.807, 2.05) is 36.7 Å². The second-order valence-corrected chi connectivity index (χ2v) is 9.23. The minimum atomic E-state index is -0.0700. The Bertz CT molecular complexity index is 1230. The highest BCUT2D eigenvalue weighted by atomic mass is 32.2. The van der Waals surface area contributed by atoms with Crippen LogP contribution in [0.2, 0.25) is 0 Å². The van der Waals surface area contributed by atoms with Crippen LogP contribution >= 0.6 is 23.1 Å². The predicted octanol–water partition coefficient (Wildman–Crippen LogP) is 3.79. The molecule has 4 aromatic rings. The largest absolute Gasteiger partial charge is 0.376 e. The van der Waals surface area contributed by atoms with Gasteiger partial charge in [0.15, 0.2) is 11.0 Å². The summed E-state index contributed by atoms with van der Waals surface area (Å²) in [5.41, 5.74) is 2.35. The van der Waals surface area contributed by atoms with Gasteiger partial charge in [0.1, 0.15) is 5.65 Å². The zero-order chi connectivity index (χ0) is 20.5. The van der Waals surface area contributed by atoms with Gasteiger partial charge in [-0.1, -0.05) is 23.9 Å². The molecule has 1 saturated heterocycles. The van der Waals surface area contributed by atoms with E-state index >= 15 is 0 Å². The Morgan fingerprint density at radius 3 is 3.03 bits per heavy atom. The summed E-state index contributed by atoms with van der Waals surface area (Å²) in [5, 5.41) is 11.8. The van der Waals surface area contributed by atoms with Crippen LogP contribution in [0.1, 0.15) is 24.1 Å². The summed E-state index contributed by atoms with van der Waals surface area (Å²) < 4.78 is 9.58. The van der Waals surface area contributed by atoms with Gasteiger partial charge in [-0.3, -0.25) is 13.8 Å². The Kier molecular flexibility index (Phi) is 5.41. The van der Waals surface area contributed by atoms with Crippen LogP contribution in [-0.4, -0.2) is 36.9 Å². The van der Waals surface area contributed by atoms with E-state index in [0.717, 1.165) is 53.1 Å². The molecular formula is C21H21N5O2S2. The molecule has 0 N–H and O–H groups in total. The molecule has 0 aromatic carbocycles. The van der Waals surface area contributed by atoms with Gasteiger partial charge in [0, 0.05) is 24.6 Å². The average Bonchev–Trinajstić information content (AvgIpc) is 3.50. The lowest BCUT2D eigenvalue weighted by Crippen LogP contribution is -2.17. The molecule has 0 radical (unpaired) electrons. The molecule has 4 aromatic heterocycles. The van der Waals surface area contributed by atoms with Crippen LogP contribution in [0.15, 0.2) is 51.9 Å². The van der Waals surface area contributed by atoms with Crippen LogP contribution in [0.3, 0.4) is 0 Å². The maximum absolute atomic E-state index is 12.5. The minimum Gasteiger partial charge on any atom is -0.376 e. The van der Waals surface area contributed by atoms with Crippen molar-refractivity contribution in [3.8, 4) is 10.7 Å². The van der Waals surface area contributed by atoms with Gasteiger partial charge in [-0.05, 0) is 42.8 Å². The third-order valence-electron chi connectivity index (χ3n) is 5.08. The van der Waals surface area contributed by atoms with Crippen molar-refractivity contribution in [1.82, 2.24) is 24.1 Å². The first-order valence-electron chi connectivity index (χ1n) is 9.88. The van der Waals surface area contributed by atoms with Gasteiger partial charge in [0.2, 0.25) is 0 Å². The van der Waals surface area contributed by atoms with Crippen LogP contribution in [0.5, 0.6) is 0 Å².